The molecule has 0 heterocycles. The zero-order valence-electron chi connectivity index (χ0n) is 10.9. The molecule has 0 aromatic heterocycles. The number of anilines is 1. The van der Waals surface area contributed by atoms with Crippen LogP contribution < -0.4 is 5.32 Å². The monoisotopic (exact) mass is 368 g/mol. The van der Waals surface area contributed by atoms with E-state index in [9.17, 15) is 14.9 Å². The second-order valence-electron chi connectivity index (χ2n) is 4.31. The molecule has 21 heavy (non-hydrogen) atoms. The van der Waals surface area contributed by atoms with Gasteiger partial charge >= 0.3 is 0 Å². The van der Waals surface area contributed by atoms with E-state index in [0.29, 0.717) is 15.2 Å². The lowest BCUT2D eigenvalue weighted by Gasteiger charge is -2.09. The predicted octanol–water partition coefficient (Wildman–Crippen LogP) is 4.57. The summed E-state index contributed by atoms with van der Waals surface area (Å²) >= 11 is 9.34. The normalized spacial score (nSPS) is 10.2. The second-order valence-corrected chi connectivity index (χ2v) is 5.57. The van der Waals surface area contributed by atoms with Crippen LogP contribution in [0.4, 0.5) is 11.4 Å². The molecule has 0 radical (unpaired) electrons. The zero-order chi connectivity index (χ0) is 15.6. The van der Waals surface area contributed by atoms with Gasteiger partial charge < -0.3 is 5.32 Å². The quantitative estimate of drug-likeness (QED) is 0.636. The number of amides is 1. The lowest BCUT2D eigenvalue weighted by Crippen LogP contribution is -2.14. The van der Waals surface area contributed by atoms with E-state index in [2.05, 4.69) is 21.2 Å². The molecule has 0 spiro atoms. The first-order valence-corrected chi connectivity index (χ1v) is 7.07. The summed E-state index contributed by atoms with van der Waals surface area (Å²) in [5.74, 6) is -0.567. The van der Waals surface area contributed by atoms with Crippen molar-refractivity contribution >= 4 is 44.8 Å². The maximum atomic E-state index is 12.2. The Kier molecular flexibility index (Phi) is 4.59. The molecule has 0 aliphatic rings. The van der Waals surface area contributed by atoms with Gasteiger partial charge in [-0.1, -0.05) is 23.7 Å². The highest BCUT2D eigenvalue weighted by Crippen LogP contribution is 2.30. The predicted molar refractivity (Wildman–Crippen MR) is 84.9 cm³/mol. The van der Waals surface area contributed by atoms with Crippen molar-refractivity contribution in [3.63, 3.8) is 0 Å². The van der Waals surface area contributed by atoms with E-state index >= 15 is 0 Å². The minimum atomic E-state index is -0.591. The summed E-state index contributed by atoms with van der Waals surface area (Å²) < 4.78 is 0.649. The van der Waals surface area contributed by atoms with Crippen molar-refractivity contribution in [2.45, 2.75) is 6.92 Å². The van der Waals surface area contributed by atoms with Gasteiger partial charge in [0.2, 0.25) is 0 Å². The smallest absolute Gasteiger partial charge is 0.282 e. The van der Waals surface area contributed by atoms with Gasteiger partial charge in [0.25, 0.3) is 11.6 Å². The zero-order valence-corrected chi connectivity index (χ0v) is 13.2. The van der Waals surface area contributed by atoms with E-state index in [1.54, 1.807) is 18.2 Å². The molecule has 108 valence electrons. The molecular formula is C14H10BrClN2O3. The highest BCUT2D eigenvalue weighted by atomic mass is 79.9. The molecule has 1 amide bonds. The van der Waals surface area contributed by atoms with Crippen molar-refractivity contribution in [1.82, 2.24) is 0 Å². The summed E-state index contributed by atoms with van der Waals surface area (Å²) in [6, 6.07) is 9.11. The van der Waals surface area contributed by atoms with Gasteiger partial charge in [-0.25, -0.2) is 0 Å². The first-order chi connectivity index (χ1) is 9.90. The highest BCUT2D eigenvalue weighted by molar-refractivity contribution is 9.10. The Labute approximate surface area is 134 Å². The highest BCUT2D eigenvalue weighted by Gasteiger charge is 2.20. The van der Waals surface area contributed by atoms with Crippen molar-refractivity contribution in [1.29, 1.82) is 0 Å². The fraction of sp³-hybridized carbons (Fsp3) is 0.0714. The Morgan fingerprint density at radius 1 is 1.33 bits per heavy atom. The van der Waals surface area contributed by atoms with Crippen LogP contribution in [0.5, 0.6) is 0 Å². The van der Waals surface area contributed by atoms with Crippen LogP contribution in [-0.4, -0.2) is 10.8 Å². The van der Waals surface area contributed by atoms with E-state index < -0.39 is 10.8 Å². The molecule has 5 nitrogen and oxygen atoms in total. The molecule has 0 atom stereocenters. The third-order valence-electron chi connectivity index (χ3n) is 2.84. The summed E-state index contributed by atoms with van der Waals surface area (Å²) in [4.78, 5) is 22.6. The molecular weight excluding hydrogens is 360 g/mol. The summed E-state index contributed by atoms with van der Waals surface area (Å²) in [7, 11) is 0. The molecule has 2 aromatic carbocycles. The summed E-state index contributed by atoms with van der Waals surface area (Å²) in [6.45, 7) is 1.83. The average molecular weight is 370 g/mol. The van der Waals surface area contributed by atoms with E-state index in [0.717, 1.165) is 5.56 Å². The Bertz CT molecular complexity index is 734. The lowest BCUT2D eigenvalue weighted by molar-refractivity contribution is -0.385. The van der Waals surface area contributed by atoms with Crippen molar-refractivity contribution < 1.29 is 9.72 Å². The standard InChI is InChI=1S/C14H10BrClN2O3/c1-8-6-10(15)12(7-11(8)16)17-14(19)9-4-2-3-5-13(9)18(20)21/h2-7H,1H3,(H,17,19). The first-order valence-electron chi connectivity index (χ1n) is 5.90. The van der Waals surface area contributed by atoms with Crippen molar-refractivity contribution in [2.75, 3.05) is 5.32 Å². The van der Waals surface area contributed by atoms with Crippen molar-refractivity contribution in [3.05, 3.63) is 67.1 Å². The number of nitro groups is 1. The number of rotatable bonds is 3. The van der Waals surface area contributed by atoms with Crippen LogP contribution >= 0.6 is 27.5 Å². The molecule has 0 fully saturated rings. The molecule has 7 heteroatoms. The number of nitrogens with one attached hydrogen (secondary N) is 1. The fourth-order valence-electron chi connectivity index (χ4n) is 1.76. The Hall–Kier alpha value is -1.92. The molecule has 0 saturated heterocycles. The number of carbonyl (C=O) groups excluding carboxylic acids is 1. The molecule has 0 saturated carbocycles. The largest absolute Gasteiger partial charge is 0.321 e. The van der Waals surface area contributed by atoms with Crippen LogP contribution in [0.3, 0.4) is 0 Å². The van der Waals surface area contributed by atoms with Gasteiger partial charge in [-0.05, 0) is 46.6 Å². The minimum absolute atomic E-state index is 0.00824. The van der Waals surface area contributed by atoms with Gasteiger partial charge in [0.05, 0.1) is 10.6 Å². The third kappa shape index (κ3) is 3.40. The lowest BCUT2D eigenvalue weighted by atomic mass is 10.1. The maximum Gasteiger partial charge on any atom is 0.282 e. The summed E-state index contributed by atoms with van der Waals surface area (Å²) in [6.07, 6.45) is 0. The Morgan fingerprint density at radius 3 is 2.67 bits per heavy atom. The first kappa shape index (κ1) is 15.5. The number of benzene rings is 2. The number of nitro benzene ring substituents is 1. The van der Waals surface area contributed by atoms with Gasteiger partial charge in [-0.3, -0.25) is 14.9 Å². The van der Waals surface area contributed by atoms with Crippen molar-refractivity contribution in [2.24, 2.45) is 0 Å². The van der Waals surface area contributed by atoms with E-state index in [1.807, 2.05) is 6.92 Å². The van der Waals surface area contributed by atoms with Crippen LogP contribution in [0.2, 0.25) is 5.02 Å². The van der Waals surface area contributed by atoms with Crippen LogP contribution in [-0.2, 0) is 0 Å². The van der Waals surface area contributed by atoms with E-state index in [1.165, 1.54) is 18.2 Å². The Morgan fingerprint density at radius 2 is 2.00 bits per heavy atom. The minimum Gasteiger partial charge on any atom is -0.321 e. The number of hydrogen-bond donors (Lipinski definition) is 1. The molecule has 2 aromatic rings. The molecule has 0 unspecified atom stereocenters. The van der Waals surface area contributed by atoms with Gasteiger partial charge in [-0.15, -0.1) is 0 Å². The second kappa shape index (κ2) is 6.24. The van der Waals surface area contributed by atoms with Gasteiger partial charge in [0.1, 0.15) is 5.56 Å². The number of nitrogens with zero attached hydrogens (tertiary/aromatic N) is 1. The van der Waals surface area contributed by atoms with E-state index in [4.69, 9.17) is 11.6 Å². The topological polar surface area (TPSA) is 72.2 Å². The molecule has 0 aliphatic heterocycles. The number of hydrogen-bond acceptors (Lipinski definition) is 3. The molecule has 0 bridgehead atoms. The van der Waals surface area contributed by atoms with Gasteiger partial charge in [0.15, 0.2) is 0 Å². The summed E-state index contributed by atoms with van der Waals surface area (Å²) in [5.41, 5.74) is 1.05. The summed E-state index contributed by atoms with van der Waals surface area (Å²) in [5, 5.41) is 14.1. The third-order valence-corrected chi connectivity index (χ3v) is 3.91. The maximum absolute atomic E-state index is 12.2. The molecule has 0 aliphatic carbocycles. The molecule has 1 N–H and O–H groups in total. The Balaban J connectivity index is 2.35. The molecule has 2 rings (SSSR count). The number of para-hydroxylation sites is 1. The SMILES string of the molecule is Cc1cc(Br)c(NC(=O)c2ccccc2[N+](=O)[O-])cc1Cl. The number of aryl methyl sites for hydroxylation is 1. The van der Waals surface area contributed by atoms with Crippen LogP contribution in [0.15, 0.2) is 40.9 Å². The van der Waals surface area contributed by atoms with Crippen molar-refractivity contribution in [3.8, 4) is 0 Å². The van der Waals surface area contributed by atoms with Crippen LogP contribution in [0.1, 0.15) is 15.9 Å². The van der Waals surface area contributed by atoms with E-state index in [-0.39, 0.29) is 11.3 Å². The van der Waals surface area contributed by atoms with Gasteiger partial charge in [0, 0.05) is 15.6 Å². The van der Waals surface area contributed by atoms with Crippen LogP contribution in [0.25, 0.3) is 0 Å². The number of halogens is 2. The number of carbonyl (C=O) groups is 1. The van der Waals surface area contributed by atoms with Gasteiger partial charge in [-0.2, -0.15) is 0 Å². The average Bonchev–Trinajstić information content (AvgIpc) is 2.44. The fourth-order valence-corrected chi connectivity index (χ4v) is 2.48. The van der Waals surface area contributed by atoms with Crippen LogP contribution in [0, 0.1) is 17.0 Å².